The predicted molar refractivity (Wildman–Crippen MR) is 154 cm³/mol. The number of nitrogens with zero attached hydrogens (tertiary/aromatic N) is 3. The highest BCUT2D eigenvalue weighted by Gasteiger charge is 2.30. The van der Waals surface area contributed by atoms with Gasteiger partial charge < -0.3 is 14.6 Å². The fraction of sp³-hybridized carbons (Fsp3) is 0.303. The SMILES string of the molecule is Cc1cc(CN2CCOC[C@H]2C(=O)O)c(OCCCCC#N)cc1/C=C/c1cccc(-c2ccccc2)c1C#N. The van der Waals surface area contributed by atoms with Crippen molar-refractivity contribution in [3.05, 3.63) is 88.5 Å². The number of hydrogen-bond donors (Lipinski definition) is 1. The van der Waals surface area contributed by atoms with Gasteiger partial charge in [0.15, 0.2) is 0 Å². The van der Waals surface area contributed by atoms with Crippen molar-refractivity contribution in [3.8, 4) is 29.0 Å². The third-order valence-electron chi connectivity index (χ3n) is 7.02. The minimum atomic E-state index is -0.902. The number of aliphatic carboxylic acids is 1. The average molecular weight is 536 g/mol. The van der Waals surface area contributed by atoms with E-state index in [1.54, 1.807) is 0 Å². The van der Waals surface area contributed by atoms with E-state index in [-0.39, 0.29) is 6.61 Å². The maximum atomic E-state index is 11.8. The minimum Gasteiger partial charge on any atom is -0.493 e. The highest BCUT2D eigenvalue weighted by atomic mass is 16.5. The Morgan fingerprint density at radius 3 is 2.65 bits per heavy atom. The number of rotatable bonds is 11. The van der Waals surface area contributed by atoms with Gasteiger partial charge in [-0.15, -0.1) is 0 Å². The van der Waals surface area contributed by atoms with E-state index in [2.05, 4.69) is 12.1 Å². The summed E-state index contributed by atoms with van der Waals surface area (Å²) in [7, 11) is 0. The van der Waals surface area contributed by atoms with Crippen LogP contribution in [0.1, 0.15) is 47.1 Å². The fourth-order valence-corrected chi connectivity index (χ4v) is 4.83. The van der Waals surface area contributed by atoms with Gasteiger partial charge in [-0.25, -0.2) is 0 Å². The Morgan fingerprint density at radius 2 is 1.90 bits per heavy atom. The van der Waals surface area contributed by atoms with Gasteiger partial charge >= 0.3 is 5.97 Å². The number of morpholine rings is 1. The van der Waals surface area contributed by atoms with E-state index in [0.29, 0.717) is 44.0 Å². The Balaban J connectivity index is 1.64. The summed E-state index contributed by atoms with van der Waals surface area (Å²) in [6.07, 6.45) is 5.92. The van der Waals surface area contributed by atoms with E-state index >= 15 is 0 Å². The topological polar surface area (TPSA) is 107 Å². The van der Waals surface area contributed by atoms with Gasteiger partial charge in [0.1, 0.15) is 17.9 Å². The first-order chi connectivity index (χ1) is 19.5. The molecule has 3 aromatic rings. The Kier molecular flexibility index (Phi) is 10.1. The molecule has 7 nitrogen and oxygen atoms in total. The summed E-state index contributed by atoms with van der Waals surface area (Å²) in [5, 5.41) is 28.5. The van der Waals surface area contributed by atoms with Crippen molar-refractivity contribution in [2.24, 2.45) is 0 Å². The fourth-order valence-electron chi connectivity index (χ4n) is 4.83. The summed E-state index contributed by atoms with van der Waals surface area (Å²) in [6, 6.07) is 23.6. The van der Waals surface area contributed by atoms with Crippen molar-refractivity contribution in [2.75, 3.05) is 26.4 Å². The number of hydrogen-bond acceptors (Lipinski definition) is 6. The molecule has 0 radical (unpaired) electrons. The Labute approximate surface area is 235 Å². The zero-order valence-electron chi connectivity index (χ0n) is 22.7. The molecule has 1 fully saturated rings. The van der Waals surface area contributed by atoms with Crippen LogP contribution >= 0.6 is 0 Å². The molecule has 1 atom stereocenters. The van der Waals surface area contributed by atoms with Crippen molar-refractivity contribution >= 4 is 18.1 Å². The number of benzene rings is 3. The molecule has 1 aliphatic rings. The van der Waals surface area contributed by atoms with E-state index in [9.17, 15) is 15.2 Å². The van der Waals surface area contributed by atoms with Gasteiger partial charge in [0.05, 0.1) is 31.5 Å². The maximum absolute atomic E-state index is 11.8. The monoisotopic (exact) mass is 535 g/mol. The summed E-state index contributed by atoms with van der Waals surface area (Å²) in [5.41, 5.74) is 6.18. The standard InChI is InChI=1S/C33H33N3O4/c1-24-19-28(22-36-16-18-39-23-31(36)33(37)38)32(40-17-7-3-6-15-34)20-27(24)14-13-26-11-8-12-29(30(26)21-35)25-9-4-2-5-10-25/h2,4-5,8-14,19-20,31H,3,6-7,16-18,22-23H2,1H3,(H,37,38)/b14-13+/t31-/m0/s1. The number of carboxylic acid groups (broad SMARTS) is 1. The molecular formula is C33H33N3O4. The van der Waals surface area contributed by atoms with E-state index in [1.165, 1.54) is 0 Å². The van der Waals surface area contributed by atoms with Crippen molar-refractivity contribution < 1.29 is 19.4 Å². The minimum absolute atomic E-state index is 0.156. The number of carboxylic acids is 1. The second-order valence-corrected chi connectivity index (χ2v) is 9.76. The van der Waals surface area contributed by atoms with Crippen LogP contribution in [-0.2, 0) is 16.1 Å². The van der Waals surface area contributed by atoms with Gasteiger partial charge in [-0.3, -0.25) is 9.69 Å². The van der Waals surface area contributed by atoms with Crippen LogP contribution in [0.4, 0.5) is 0 Å². The predicted octanol–water partition coefficient (Wildman–Crippen LogP) is 6.06. The lowest BCUT2D eigenvalue weighted by molar-refractivity contribution is -0.150. The number of aryl methyl sites for hydroxylation is 1. The summed E-state index contributed by atoms with van der Waals surface area (Å²) < 4.78 is 11.6. The third kappa shape index (κ3) is 7.15. The summed E-state index contributed by atoms with van der Waals surface area (Å²) in [5.74, 6) is -0.211. The zero-order valence-corrected chi connectivity index (χ0v) is 22.7. The molecule has 0 unspecified atom stereocenters. The van der Waals surface area contributed by atoms with Crippen molar-refractivity contribution in [1.29, 1.82) is 10.5 Å². The number of unbranched alkanes of at least 4 members (excludes halogenated alkanes) is 2. The molecule has 4 rings (SSSR count). The lowest BCUT2D eigenvalue weighted by atomic mass is 9.95. The summed E-state index contributed by atoms with van der Waals surface area (Å²) >= 11 is 0. The van der Waals surface area contributed by atoms with Crippen molar-refractivity contribution in [1.82, 2.24) is 4.90 Å². The molecule has 7 heteroatoms. The second-order valence-electron chi connectivity index (χ2n) is 9.76. The second kappa shape index (κ2) is 14.1. The van der Waals surface area contributed by atoms with E-state index in [0.717, 1.165) is 46.2 Å². The molecule has 204 valence electrons. The van der Waals surface area contributed by atoms with E-state index in [1.807, 2.05) is 84.6 Å². The van der Waals surface area contributed by atoms with Gasteiger partial charge in [-0.1, -0.05) is 66.7 Å². The van der Waals surface area contributed by atoms with Gasteiger partial charge in [0.25, 0.3) is 0 Å². The first-order valence-electron chi connectivity index (χ1n) is 13.5. The van der Waals surface area contributed by atoms with E-state index in [4.69, 9.17) is 14.7 Å². The zero-order chi connectivity index (χ0) is 28.3. The molecule has 0 amide bonds. The quantitative estimate of drug-likeness (QED) is 0.235. The van der Waals surface area contributed by atoms with Crippen LogP contribution in [0, 0.1) is 29.6 Å². The van der Waals surface area contributed by atoms with Crippen LogP contribution in [-0.4, -0.2) is 48.4 Å². The van der Waals surface area contributed by atoms with E-state index < -0.39 is 12.0 Å². The smallest absolute Gasteiger partial charge is 0.323 e. The number of nitriles is 2. The van der Waals surface area contributed by atoms with Crippen molar-refractivity contribution in [2.45, 2.75) is 38.8 Å². The van der Waals surface area contributed by atoms with Gasteiger partial charge in [0.2, 0.25) is 0 Å². The van der Waals surface area contributed by atoms with Crippen LogP contribution in [0.25, 0.3) is 23.3 Å². The molecule has 0 aliphatic carbocycles. The van der Waals surface area contributed by atoms with Crippen LogP contribution in [0.2, 0.25) is 0 Å². The summed E-state index contributed by atoms with van der Waals surface area (Å²) in [6.45, 7) is 4.06. The highest BCUT2D eigenvalue weighted by Crippen LogP contribution is 2.30. The lowest BCUT2D eigenvalue weighted by Crippen LogP contribution is -2.49. The molecule has 0 spiro atoms. The largest absolute Gasteiger partial charge is 0.493 e. The normalized spacial score (nSPS) is 15.4. The van der Waals surface area contributed by atoms with Gasteiger partial charge in [-0.05, 0) is 48.1 Å². The maximum Gasteiger partial charge on any atom is 0.323 e. The number of ether oxygens (including phenoxy) is 2. The Hall–Kier alpha value is -4.43. The Bertz CT molecular complexity index is 1440. The highest BCUT2D eigenvalue weighted by molar-refractivity contribution is 5.81. The number of carbonyl (C=O) groups is 1. The van der Waals surface area contributed by atoms with Crippen LogP contribution in [0.5, 0.6) is 5.75 Å². The Morgan fingerprint density at radius 1 is 1.10 bits per heavy atom. The molecule has 40 heavy (non-hydrogen) atoms. The van der Waals surface area contributed by atoms with Crippen LogP contribution < -0.4 is 4.74 Å². The van der Waals surface area contributed by atoms with Gasteiger partial charge in [0, 0.05) is 30.6 Å². The molecule has 1 aliphatic heterocycles. The van der Waals surface area contributed by atoms with Crippen LogP contribution in [0.3, 0.4) is 0 Å². The first kappa shape index (κ1) is 28.6. The molecule has 0 aromatic heterocycles. The van der Waals surface area contributed by atoms with Crippen molar-refractivity contribution in [3.63, 3.8) is 0 Å². The summed E-state index contributed by atoms with van der Waals surface area (Å²) in [4.78, 5) is 13.7. The van der Waals surface area contributed by atoms with Gasteiger partial charge in [-0.2, -0.15) is 10.5 Å². The molecular weight excluding hydrogens is 502 g/mol. The lowest BCUT2D eigenvalue weighted by Gasteiger charge is -2.33. The third-order valence-corrected chi connectivity index (χ3v) is 7.02. The molecule has 1 saturated heterocycles. The molecule has 0 saturated carbocycles. The molecule has 1 heterocycles. The first-order valence-corrected chi connectivity index (χ1v) is 13.5. The molecule has 1 N–H and O–H groups in total. The molecule has 0 bridgehead atoms. The van der Waals surface area contributed by atoms with Crippen LogP contribution in [0.15, 0.2) is 60.7 Å². The molecule has 3 aromatic carbocycles. The average Bonchev–Trinajstić information content (AvgIpc) is 2.97.